The van der Waals surface area contributed by atoms with Gasteiger partial charge in [-0.15, -0.1) is 12.4 Å². The van der Waals surface area contributed by atoms with E-state index in [1.165, 1.54) is 37.1 Å². The van der Waals surface area contributed by atoms with E-state index in [1.807, 2.05) is 0 Å². The maximum Gasteiger partial charge on any atom is 0.420 e. The summed E-state index contributed by atoms with van der Waals surface area (Å²) in [5.41, 5.74) is 4.21. The summed E-state index contributed by atoms with van der Waals surface area (Å²) >= 11 is 0. The number of carbonyl (C=O) groups excluding carboxylic acids is 1. The quantitative estimate of drug-likeness (QED) is 0.0967. The first kappa shape index (κ1) is 42.8. The number of urea groups is 1. The molecule has 55 heavy (non-hydrogen) atoms. The Hall–Kier alpha value is -4.89. The summed E-state index contributed by atoms with van der Waals surface area (Å²) in [5, 5.41) is 5.02. The Balaban J connectivity index is 0.000000285. The molecule has 9 nitrogen and oxygen atoms in total. The molecule has 0 spiro atoms. The van der Waals surface area contributed by atoms with E-state index in [1.54, 1.807) is 48.8 Å². The highest BCUT2D eigenvalue weighted by Gasteiger charge is 2.36. The van der Waals surface area contributed by atoms with Gasteiger partial charge in [0.15, 0.2) is 0 Å². The van der Waals surface area contributed by atoms with E-state index in [-0.39, 0.29) is 41.9 Å². The molecule has 0 atom stereocenters. The number of carbonyl (C=O) groups is 1. The molecule has 1 aliphatic carbocycles. The van der Waals surface area contributed by atoms with Gasteiger partial charge in [0.2, 0.25) is 0 Å². The Morgan fingerprint density at radius 1 is 0.727 bits per heavy atom. The highest BCUT2D eigenvalue weighted by molar-refractivity contribution is 5.99. The predicted octanol–water partition coefficient (Wildman–Crippen LogP) is 10.7. The van der Waals surface area contributed by atoms with Crippen LogP contribution in [-0.4, -0.2) is 48.8 Å². The molecule has 0 unspecified atom stereocenters. The Labute approximate surface area is 322 Å². The maximum absolute atomic E-state index is 13.6. The summed E-state index contributed by atoms with van der Waals surface area (Å²) in [4.78, 5) is 18.4. The zero-order valence-corrected chi connectivity index (χ0v) is 30.7. The van der Waals surface area contributed by atoms with Crippen LogP contribution in [0.2, 0.25) is 0 Å². The average molecular weight is 796 g/mol. The van der Waals surface area contributed by atoms with E-state index in [0.717, 1.165) is 57.3 Å². The van der Waals surface area contributed by atoms with Crippen LogP contribution in [-0.2, 0) is 12.4 Å². The molecule has 2 aliphatic rings. The van der Waals surface area contributed by atoms with Gasteiger partial charge < -0.3 is 30.6 Å². The SMILES string of the molecule is Cl.Nc1ccc(OCCC2CCCC2)c(C(F)(F)F)c1.O=C(Nc1ccc(Oc2ccncc2)cc1)Nc1ccc(OCCN2CCCC2)c(C(F)(F)F)c1. The molecule has 1 saturated carbocycles. The first-order valence-electron chi connectivity index (χ1n) is 17.8. The summed E-state index contributed by atoms with van der Waals surface area (Å²) in [7, 11) is 0. The van der Waals surface area contributed by atoms with Crippen molar-refractivity contribution in [3.63, 3.8) is 0 Å². The maximum atomic E-state index is 13.6. The molecule has 1 aliphatic heterocycles. The smallest absolute Gasteiger partial charge is 0.420 e. The van der Waals surface area contributed by atoms with E-state index in [9.17, 15) is 31.1 Å². The van der Waals surface area contributed by atoms with E-state index in [2.05, 4.69) is 20.5 Å². The largest absolute Gasteiger partial charge is 0.493 e. The van der Waals surface area contributed by atoms with Gasteiger partial charge in [-0.3, -0.25) is 9.88 Å². The molecular weight excluding hydrogens is 752 g/mol. The molecule has 1 aromatic heterocycles. The summed E-state index contributed by atoms with van der Waals surface area (Å²) in [6, 6.07) is 16.4. The molecule has 4 aromatic rings. The van der Waals surface area contributed by atoms with Crippen molar-refractivity contribution in [2.45, 2.75) is 57.3 Å². The number of ether oxygens (including phenoxy) is 3. The van der Waals surface area contributed by atoms with E-state index >= 15 is 0 Å². The summed E-state index contributed by atoms with van der Waals surface area (Å²) < 4.78 is 95.7. The second kappa shape index (κ2) is 20.1. The highest BCUT2D eigenvalue weighted by atomic mass is 35.5. The van der Waals surface area contributed by atoms with Crippen molar-refractivity contribution in [1.82, 2.24) is 9.88 Å². The number of hydrogen-bond donors (Lipinski definition) is 3. The van der Waals surface area contributed by atoms with Gasteiger partial charge in [0.05, 0.1) is 17.7 Å². The minimum absolute atomic E-state index is 0. The summed E-state index contributed by atoms with van der Waals surface area (Å²) in [5.74, 6) is 1.38. The number of alkyl halides is 6. The lowest BCUT2D eigenvalue weighted by atomic mass is 10.1. The fourth-order valence-electron chi connectivity index (χ4n) is 6.22. The normalized spacial score (nSPS) is 14.7. The number of hydrogen-bond acceptors (Lipinski definition) is 7. The van der Waals surface area contributed by atoms with Gasteiger partial charge in [-0.1, -0.05) is 25.7 Å². The van der Waals surface area contributed by atoms with Crippen molar-refractivity contribution < 1.29 is 45.3 Å². The minimum Gasteiger partial charge on any atom is -0.493 e. The molecule has 2 heterocycles. The van der Waals surface area contributed by atoms with Gasteiger partial charge in [-0.2, -0.15) is 26.3 Å². The van der Waals surface area contributed by atoms with Gasteiger partial charge in [0.25, 0.3) is 0 Å². The topological polar surface area (TPSA) is 111 Å². The van der Waals surface area contributed by atoms with Crippen molar-refractivity contribution in [3.05, 3.63) is 96.3 Å². The molecule has 298 valence electrons. The van der Waals surface area contributed by atoms with Crippen LogP contribution in [0.1, 0.15) is 56.1 Å². The number of nitrogens with zero attached hydrogens (tertiary/aromatic N) is 2. The molecule has 4 N–H and O–H groups in total. The molecule has 2 fully saturated rings. The standard InChI is InChI=1S/C25H25F3N4O3.C14H18F3NO.ClH/c26-25(27,28)22-17-19(5-8-23(22)34-16-15-32-13-1-2-14-32)31-24(33)30-18-3-6-20(7-4-18)35-21-9-11-29-12-10-21;15-14(16,17)12-9-11(18)5-6-13(12)19-8-7-10-3-1-2-4-10;/h3-12,17H,1-2,13-16H2,(H2,30,31,33);5-6,9-10H,1-4,7-8,18H2;1H. The van der Waals surface area contributed by atoms with Crippen molar-refractivity contribution in [1.29, 1.82) is 0 Å². The molecule has 6 rings (SSSR count). The van der Waals surface area contributed by atoms with Crippen LogP contribution < -0.4 is 30.6 Å². The minimum atomic E-state index is -4.62. The monoisotopic (exact) mass is 795 g/mol. The lowest BCUT2D eigenvalue weighted by Gasteiger charge is -2.18. The molecular formula is C39H44ClF6N5O4. The number of rotatable bonds is 12. The molecule has 0 radical (unpaired) electrons. The predicted molar refractivity (Wildman–Crippen MR) is 201 cm³/mol. The number of halogens is 7. The zero-order chi connectivity index (χ0) is 38.6. The number of likely N-dealkylation sites (tertiary alicyclic amines) is 1. The first-order valence-corrected chi connectivity index (χ1v) is 17.8. The Morgan fingerprint density at radius 3 is 1.91 bits per heavy atom. The third-order valence-corrected chi connectivity index (χ3v) is 8.97. The van der Waals surface area contributed by atoms with Gasteiger partial charge in [-0.25, -0.2) is 4.79 Å². The third-order valence-electron chi connectivity index (χ3n) is 8.97. The van der Waals surface area contributed by atoms with Crippen LogP contribution in [0.15, 0.2) is 85.2 Å². The van der Waals surface area contributed by atoms with Gasteiger partial charge >= 0.3 is 18.4 Å². The number of nitrogens with two attached hydrogens (primary N) is 1. The second-order valence-corrected chi connectivity index (χ2v) is 13.0. The summed E-state index contributed by atoms with van der Waals surface area (Å²) in [6.07, 6.45) is 1.94. The molecule has 16 heteroatoms. The molecule has 2 amide bonds. The van der Waals surface area contributed by atoms with Crippen LogP contribution in [0.25, 0.3) is 0 Å². The van der Waals surface area contributed by atoms with Gasteiger partial charge in [0, 0.05) is 36.0 Å². The van der Waals surface area contributed by atoms with Crippen LogP contribution in [0, 0.1) is 5.92 Å². The molecule has 3 aromatic carbocycles. The number of aromatic nitrogens is 1. The van der Waals surface area contributed by atoms with Crippen LogP contribution in [0.5, 0.6) is 23.0 Å². The number of anilines is 3. The number of amides is 2. The number of pyridine rings is 1. The van der Waals surface area contributed by atoms with Gasteiger partial charge in [0.1, 0.15) is 29.6 Å². The fourth-order valence-corrected chi connectivity index (χ4v) is 6.22. The Kier molecular flexibility index (Phi) is 15.7. The highest BCUT2D eigenvalue weighted by Crippen LogP contribution is 2.39. The van der Waals surface area contributed by atoms with Crippen molar-refractivity contribution in [3.8, 4) is 23.0 Å². The van der Waals surface area contributed by atoms with E-state index in [0.29, 0.717) is 36.3 Å². The molecule has 0 bridgehead atoms. The number of nitrogens with one attached hydrogen (secondary N) is 2. The zero-order valence-electron chi connectivity index (χ0n) is 29.9. The van der Waals surface area contributed by atoms with Crippen molar-refractivity contribution in [2.75, 3.05) is 49.2 Å². The second-order valence-electron chi connectivity index (χ2n) is 13.0. The van der Waals surface area contributed by atoms with Crippen LogP contribution >= 0.6 is 12.4 Å². The van der Waals surface area contributed by atoms with E-state index < -0.39 is 29.5 Å². The van der Waals surface area contributed by atoms with Crippen LogP contribution in [0.3, 0.4) is 0 Å². The van der Waals surface area contributed by atoms with Gasteiger partial charge in [-0.05, 0) is 111 Å². The summed E-state index contributed by atoms with van der Waals surface area (Å²) in [6.45, 7) is 2.95. The lowest BCUT2D eigenvalue weighted by Crippen LogP contribution is -2.25. The number of benzene rings is 3. The molecule has 1 saturated heterocycles. The number of nitrogen functional groups attached to an aromatic ring is 1. The van der Waals surface area contributed by atoms with Crippen LogP contribution in [0.4, 0.5) is 48.2 Å². The fraction of sp³-hybridized carbons (Fsp3) is 0.385. The first-order chi connectivity index (χ1) is 25.8. The third kappa shape index (κ3) is 13.7. The van der Waals surface area contributed by atoms with Crippen molar-refractivity contribution in [2.24, 2.45) is 5.92 Å². The van der Waals surface area contributed by atoms with Crippen molar-refractivity contribution >= 4 is 35.5 Å². The van der Waals surface area contributed by atoms with E-state index in [4.69, 9.17) is 19.9 Å². The Morgan fingerprint density at radius 2 is 1.27 bits per heavy atom. The average Bonchev–Trinajstić information content (AvgIpc) is 3.85. The lowest BCUT2D eigenvalue weighted by molar-refractivity contribution is -0.139. The Bertz CT molecular complexity index is 1790.